The van der Waals surface area contributed by atoms with Crippen molar-refractivity contribution in [1.82, 2.24) is 24.6 Å². The Morgan fingerprint density at radius 3 is 2.42 bits per heavy atom. The van der Waals surface area contributed by atoms with Gasteiger partial charge in [-0.3, -0.25) is 14.7 Å². The third-order valence-electron chi connectivity index (χ3n) is 7.54. The predicted molar refractivity (Wildman–Crippen MR) is 138 cm³/mol. The van der Waals surface area contributed by atoms with Crippen LogP contribution in [0.2, 0.25) is 0 Å². The molecule has 3 aliphatic heterocycles. The quantitative estimate of drug-likeness (QED) is 0.629. The molecule has 192 valence electrons. The number of β-amino-alcohol motifs (C(OH)–C–C–N with tert-alkyl or cyclic N) is 1. The summed E-state index contributed by atoms with van der Waals surface area (Å²) in [7, 11) is 0. The summed E-state index contributed by atoms with van der Waals surface area (Å²) in [6, 6.07) is 12.5. The van der Waals surface area contributed by atoms with Gasteiger partial charge in [0.2, 0.25) is 5.91 Å². The Labute approximate surface area is 212 Å². The Bertz CT molecular complexity index is 1070. The molecule has 3 amide bonds. The van der Waals surface area contributed by atoms with Crippen LogP contribution in [0.5, 0.6) is 0 Å². The molecule has 0 spiro atoms. The average Bonchev–Trinajstić information content (AvgIpc) is 3.22. The van der Waals surface area contributed by atoms with E-state index in [2.05, 4.69) is 39.0 Å². The molecule has 0 radical (unpaired) electrons. The number of aromatic nitrogens is 1. The Hall–Kier alpha value is -3.17. The number of anilines is 1. The molecule has 1 atom stereocenters. The van der Waals surface area contributed by atoms with Gasteiger partial charge >= 0.3 is 6.03 Å². The topological polar surface area (TPSA) is 83.5 Å². The summed E-state index contributed by atoms with van der Waals surface area (Å²) in [5.41, 5.74) is 4.62. The Morgan fingerprint density at radius 2 is 1.69 bits per heavy atom. The maximum Gasteiger partial charge on any atom is 0.320 e. The van der Waals surface area contributed by atoms with Gasteiger partial charge < -0.3 is 24.7 Å². The van der Waals surface area contributed by atoms with Crippen molar-refractivity contribution in [3.05, 3.63) is 59.4 Å². The number of aliphatic hydroxyl groups is 1. The fourth-order valence-corrected chi connectivity index (χ4v) is 5.44. The first-order valence-electron chi connectivity index (χ1n) is 12.9. The van der Waals surface area contributed by atoms with Crippen molar-refractivity contribution in [1.29, 1.82) is 0 Å². The van der Waals surface area contributed by atoms with Crippen LogP contribution in [-0.4, -0.2) is 107 Å². The van der Waals surface area contributed by atoms with Gasteiger partial charge in [0.05, 0.1) is 30.2 Å². The summed E-state index contributed by atoms with van der Waals surface area (Å²) in [6.45, 7) is 9.10. The van der Waals surface area contributed by atoms with E-state index in [4.69, 9.17) is 0 Å². The lowest BCUT2D eigenvalue weighted by molar-refractivity contribution is -0.129. The van der Waals surface area contributed by atoms with Crippen LogP contribution >= 0.6 is 0 Å². The average molecular weight is 493 g/mol. The molecular weight excluding hydrogens is 456 g/mol. The van der Waals surface area contributed by atoms with E-state index < -0.39 is 6.10 Å². The molecule has 2 fully saturated rings. The summed E-state index contributed by atoms with van der Waals surface area (Å²) >= 11 is 0. The van der Waals surface area contributed by atoms with Crippen LogP contribution in [0.3, 0.4) is 0 Å². The van der Waals surface area contributed by atoms with Crippen LogP contribution in [0.25, 0.3) is 0 Å². The minimum absolute atomic E-state index is 0.0377. The van der Waals surface area contributed by atoms with Gasteiger partial charge in [0.1, 0.15) is 0 Å². The maximum atomic E-state index is 13.0. The Morgan fingerprint density at radius 1 is 0.944 bits per heavy atom. The van der Waals surface area contributed by atoms with Gasteiger partial charge in [-0.1, -0.05) is 24.3 Å². The van der Waals surface area contributed by atoms with E-state index in [-0.39, 0.29) is 11.9 Å². The number of piperazine rings is 1. The van der Waals surface area contributed by atoms with E-state index in [1.54, 1.807) is 16.7 Å². The van der Waals surface area contributed by atoms with Crippen molar-refractivity contribution in [3.8, 4) is 0 Å². The van der Waals surface area contributed by atoms with Crippen molar-refractivity contribution in [3.63, 3.8) is 0 Å². The number of carbonyl (C=O) groups is 2. The van der Waals surface area contributed by atoms with E-state index in [1.807, 2.05) is 23.2 Å². The number of benzene rings is 1. The molecule has 0 aliphatic carbocycles. The highest BCUT2D eigenvalue weighted by molar-refractivity contribution is 5.76. The van der Waals surface area contributed by atoms with Gasteiger partial charge in [0.15, 0.2) is 0 Å². The Kier molecular flexibility index (Phi) is 7.38. The third-order valence-corrected chi connectivity index (χ3v) is 7.54. The first-order valence-corrected chi connectivity index (χ1v) is 12.9. The summed E-state index contributed by atoms with van der Waals surface area (Å²) in [5.74, 6) is 0.122. The molecule has 3 aliphatic rings. The predicted octanol–water partition coefficient (Wildman–Crippen LogP) is 1.41. The maximum absolute atomic E-state index is 13.0. The van der Waals surface area contributed by atoms with Gasteiger partial charge in [0, 0.05) is 72.4 Å². The highest BCUT2D eigenvalue weighted by Crippen LogP contribution is 2.20. The Balaban J connectivity index is 1.08. The molecular formula is C27H36N6O3. The summed E-state index contributed by atoms with van der Waals surface area (Å²) in [5, 5.41) is 10.7. The second-order valence-electron chi connectivity index (χ2n) is 10.1. The van der Waals surface area contributed by atoms with Gasteiger partial charge in [-0.2, -0.15) is 0 Å². The number of rotatable bonds is 7. The molecule has 0 unspecified atom stereocenters. The van der Waals surface area contributed by atoms with E-state index in [1.165, 1.54) is 11.1 Å². The number of fused-ring (bicyclic) bond motifs is 1. The zero-order chi connectivity index (χ0) is 25.1. The van der Waals surface area contributed by atoms with Crippen LogP contribution in [0.4, 0.5) is 10.5 Å². The van der Waals surface area contributed by atoms with E-state index in [9.17, 15) is 14.7 Å². The number of amides is 3. The number of hydrogen-bond donors (Lipinski definition) is 1. The lowest BCUT2D eigenvalue weighted by atomic mass is 10.00. The van der Waals surface area contributed by atoms with Crippen LogP contribution in [-0.2, 0) is 24.3 Å². The highest BCUT2D eigenvalue weighted by Gasteiger charge is 2.31. The number of aliphatic hydroxyl groups excluding tert-OH is 1. The number of pyridine rings is 1. The fraction of sp³-hybridized carbons (Fsp3) is 0.519. The minimum Gasteiger partial charge on any atom is -0.390 e. The lowest BCUT2D eigenvalue weighted by Gasteiger charge is -2.35. The first-order chi connectivity index (χ1) is 17.5. The SMILES string of the molecule is CC(=O)N1CCN(c2ccc(CN3CCN(C[C@H](O)CN4CCc5ccccc5C4)C3=O)nc2)CC1. The molecule has 0 bridgehead atoms. The number of nitrogens with zero attached hydrogens (tertiary/aromatic N) is 6. The monoisotopic (exact) mass is 492 g/mol. The van der Waals surface area contributed by atoms with Crippen molar-refractivity contribution >= 4 is 17.6 Å². The lowest BCUT2D eigenvalue weighted by Crippen LogP contribution is -2.48. The van der Waals surface area contributed by atoms with E-state index >= 15 is 0 Å². The van der Waals surface area contributed by atoms with Crippen LogP contribution in [0, 0.1) is 0 Å². The molecule has 36 heavy (non-hydrogen) atoms. The number of urea groups is 1. The first kappa shape index (κ1) is 24.5. The van der Waals surface area contributed by atoms with E-state index in [0.29, 0.717) is 32.7 Å². The molecule has 0 saturated carbocycles. The fourth-order valence-electron chi connectivity index (χ4n) is 5.44. The van der Waals surface area contributed by atoms with Crippen LogP contribution in [0.1, 0.15) is 23.7 Å². The standard InChI is InChI=1S/C27H36N6O3/c1-21(34)30-10-12-31(13-11-30)25-7-6-24(28-16-25)18-32-14-15-33(27(32)36)20-26(35)19-29-9-8-22-4-2-3-5-23(22)17-29/h2-7,16,26,35H,8-15,17-20H2,1H3/t26-/m1/s1. The zero-order valence-corrected chi connectivity index (χ0v) is 21.1. The van der Waals surface area contributed by atoms with E-state index in [0.717, 1.165) is 57.1 Å². The van der Waals surface area contributed by atoms with Gasteiger partial charge in [0.25, 0.3) is 0 Å². The molecule has 1 aromatic carbocycles. The summed E-state index contributed by atoms with van der Waals surface area (Å²) in [4.78, 5) is 39.0. The van der Waals surface area contributed by atoms with Gasteiger partial charge in [-0.25, -0.2) is 4.79 Å². The van der Waals surface area contributed by atoms with Crippen molar-refractivity contribution in [2.24, 2.45) is 0 Å². The molecule has 9 heteroatoms. The molecule has 9 nitrogen and oxygen atoms in total. The normalized spacial score (nSPS) is 19.6. The highest BCUT2D eigenvalue weighted by atomic mass is 16.3. The number of carbonyl (C=O) groups excluding carboxylic acids is 2. The van der Waals surface area contributed by atoms with Crippen LogP contribution in [0.15, 0.2) is 42.6 Å². The summed E-state index contributed by atoms with van der Waals surface area (Å²) < 4.78 is 0. The van der Waals surface area contributed by atoms with Crippen molar-refractivity contribution < 1.29 is 14.7 Å². The second-order valence-corrected chi connectivity index (χ2v) is 10.1. The molecule has 5 rings (SSSR count). The third kappa shape index (κ3) is 5.63. The molecule has 1 N–H and O–H groups in total. The summed E-state index contributed by atoms with van der Waals surface area (Å²) in [6.07, 6.45) is 2.29. The largest absolute Gasteiger partial charge is 0.390 e. The molecule has 2 aromatic rings. The zero-order valence-electron chi connectivity index (χ0n) is 21.1. The second kappa shape index (κ2) is 10.8. The van der Waals surface area contributed by atoms with Gasteiger partial charge in [-0.05, 0) is 29.7 Å². The molecule has 4 heterocycles. The van der Waals surface area contributed by atoms with Gasteiger partial charge in [-0.15, -0.1) is 0 Å². The number of hydrogen-bond acceptors (Lipinski definition) is 6. The molecule has 1 aromatic heterocycles. The minimum atomic E-state index is -0.569. The van der Waals surface area contributed by atoms with Crippen molar-refractivity contribution in [2.45, 2.75) is 32.5 Å². The molecule has 2 saturated heterocycles. The van der Waals surface area contributed by atoms with Crippen LogP contribution < -0.4 is 4.90 Å². The smallest absolute Gasteiger partial charge is 0.320 e. The van der Waals surface area contributed by atoms with Crippen molar-refractivity contribution in [2.75, 3.05) is 63.8 Å².